The Balaban J connectivity index is 2.32. The van der Waals surface area contributed by atoms with Gasteiger partial charge in [0, 0.05) is 11.1 Å². The summed E-state index contributed by atoms with van der Waals surface area (Å²) >= 11 is 0. The molecule has 1 fully saturated rings. The predicted molar refractivity (Wildman–Crippen MR) is 83.8 cm³/mol. The van der Waals surface area contributed by atoms with Crippen LogP contribution in [0.2, 0.25) is 0 Å². The molecule has 1 aliphatic carbocycles. The molecule has 2 atom stereocenters. The molecule has 4 N–H and O–H groups in total. The summed E-state index contributed by atoms with van der Waals surface area (Å²) in [6, 6.07) is 0. The van der Waals surface area contributed by atoms with Crippen LogP contribution in [-0.4, -0.2) is 47.6 Å². The highest BCUT2D eigenvalue weighted by molar-refractivity contribution is 4.83. The van der Waals surface area contributed by atoms with E-state index < -0.39 is 0 Å². The first kappa shape index (κ1) is 17.9. The summed E-state index contributed by atoms with van der Waals surface area (Å²) in [6.07, 6.45) is 5.10. The Labute approximate surface area is 124 Å². The first-order chi connectivity index (χ1) is 9.28. The Hall–Kier alpha value is -0.160. The number of nitrogens with one attached hydrogen (secondary N) is 2. The van der Waals surface area contributed by atoms with Crippen LogP contribution in [0.25, 0.3) is 0 Å². The molecule has 1 aliphatic rings. The maximum atomic E-state index is 9.28. The molecule has 0 heterocycles. The summed E-state index contributed by atoms with van der Waals surface area (Å²) in [6.45, 7) is 10.5. The molecule has 120 valence electrons. The van der Waals surface area contributed by atoms with Crippen molar-refractivity contribution in [1.29, 1.82) is 0 Å². The van der Waals surface area contributed by atoms with Gasteiger partial charge in [-0.05, 0) is 71.9 Å². The van der Waals surface area contributed by atoms with E-state index in [9.17, 15) is 10.2 Å². The minimum Gasteiger partial charge on any atom is -0.394 e. The highest BCUT2D eigenvalue weighted by atomic mass is 16.3. The summed E-state index contributed by atoms with van der Waals surface area (Å²) in [4.78, 5) is 0. The van der Waals surface area contributed by atoms with Gasteiger partial charge in [-0.25, -0.2) is 0 Å². The van der Waals surface area contributed by atoms with Crippen LogP contribution in [0.3, 0.4) is 0 Å². The van der Waals surface area contributed by atoms with Crippen LogP contribution in [0.4, 0.5) is 0 Å². The third-order valence-electron chi connectivity index (χ3n) is 4.42. The second-order valence-electron chi connectivity index (χ2n) is 7.74. The Morgan fingerprint density at radius 3 is 1.60 bits per heavy atom. The van der Waals surface area contributed by atoms with Crippen molar-refractivity contribution >= 4 is 0 Å². The maximum Gasteiger partial charge on any atom is 0.0607 e. The fourth-order valence-corrected chi connectivity index (χ4v) is 2.73. The summed E-state index contributed by atoms with van der Waals surface area (Å²) in [5, 5.41) is 25.5. The van der Waals surface area contributed by atoms with Gasteiger partial charge in [0.25, 0.3) is 0 Å². The topological polar surface area (TPSA) is 64.5 Å². The fourth-order valence-electron chi connectivity index (χ4n) is 2.73. The molecule has 0 aromatic rings. The Morgan fingerprint density at radius 2 is 1.25 bits per heavy atom. The molecule has 0 aliphatic heterocycles. The summed E-state index contributed by atoms with van der Waals surface area (Å²) in [7, 11) is 0. The standard InChI is InChI=1S/C16H34N2O2/c1-15(2,11-19)17-9-13-6-5-7-14(8-13)10-18-16(3,4)12-20/h13-14,17-20H,5-12H2,1-4H3/t13-,14-/m0/s1. The molecule has 1 rings (SSSR count). The van der Waals surface area contributed by atoms with Crippen molar-refractivity contribution in [3.63, 3.8) is 0 Å². The highest BCUT2D eigenvalue weighted by Gasteiger charge is 2.25. The summed E-state index contributed by atoms with van der Waals surface area (Å²) in [5.41, 5.74) is -0.353. The Bertz CT molecular complexity index is 254. The van der Waals surface area contributed by atoms with Crippen LogP contribution in [-0.2, 0) is 0 Å². The lowest BCUT2D eigenvalue weighted by atomic mass is 9.80. The van der Waals surface area contributed by atoms with Crippen molar-refractivity contribution in [2.24, 2.45) is 11.8 Å². The van der Waals surface area contributed by atoms with Gasteiger partial charge >= 0.3 is 0 Å². The van der Waals surface area contributed by atoms with Gasteiger partial charge in [-0.15, -0.1) is 0 Å². The van der Waals surface area contributed by atoms with E-state index in [4.69, 9.17) is 0 Å². The van der Waals surface area contributed by atoms with Crippen molar-refractivity contribution in [2.75, 3.05) is 26.3 Å². The normalized spacial score (nSPS) is 24.9. The largest absolute Gasteiger partial charge is 0.394 e. The van der Waals surface area contributed by atoms with Gasteiger partial charge in [0.1, 0.15) is 0 Å². The van der Waals surface area contributed by atoms with Gasteiger partial charge in [0.05, 0.1) is 13.2 Å². The van der Waals surface area contributed by atoms with Gasteiger partial charge in [-0.3, -0.25) is 0 Å². The van der Waals surface area contributed by atoms with Crippen molar-refractivity contribution < 1.29 is 10.2 Å². The zero-order valence-electron chi connectivity index (χ0n) is 13.7. The minimum atomic E-state index is -0.177. The van der Waals surface area contributed by atoms with E-state index in [2.05, 4.69) is 10.6 Å². The first-order valence-electron chi connectivity index (χ1n) is 8.00. The second kappa shape index (κ2) is 7.74. The van der Waals surface area contributed by atoms with Crippen molar-refractivity contribution in [1.82, 2.24) is 10.6 Å². The number of hydrogen-bond donors (Lipinski definition) is 4. The molecule has 20 heavy (non-hydrogen) atoms. The van der Waals surface area contributed by atoms with Crippen LogP contribution in [0.15, 0.2) is 0 Å². The van der Waals surface area contributed by atoms with E-state index >= 15 is 0 Å². The van der Waals surface area contributed by atoms with Gasteiger partial charge < -0.3 is 20.8 Å². The molecule has 0 saturated heterocycles. The van der Waals surface area contributed by atoms with Crippen LogP contribution in [0.5, 0.6) is 0 Å². The van der Waals surface area contributed by atoms with E-state index in [0.717, 1.165) is 13.1 Å². The average Bonchev–Trinajstić information content (AvgIpc) is 2.44. The van der Waals surface area contributed by atoms with Gasteiger partial charge in [-0.2, -0.15) is 0 Å². The first-order valence-corrected chi connectivity index (χ1v) is 8.00. The molecule has 4 nitrogen and oxygen atoms in total. The zero-order chi connectivity index (χ0) is 15.2. The highest BCUT2D eigenvalue weighted by Crippen LogP contribution is 2.29. The van der Waals surface area contributed by atoms with Crippen LogP contribution in [0.1, 0.15) is 53.4 Å². The monoisotopic (exact) mass is 286 g/mol. The van der Waals surface area contributed by atoms with E-state index in [1.165, 1.54) is 25.7 Å². The van der Waals surface area contributed by atoms with Crippen molar-refractivity contribution in [2.45, 2.75) is 64.5 Å². The maximum absolute atomic E-state index is 9.28. The number of hydrogen-bond acceptors (Lipinski definition) is 4. The third-order valence-corrected chi connectivity index (χ3v) is 4.42. The predicted octanol–water partition coefficient (Wildman–Crippen LogP) is 1.51. The van der Waals surface area contributed by atoms with E-state index in [-0.39, 0.29) is 24.3 Å². The van der Waals surface area contributed by atoms with Crippen LogP contribution in [0, 0.1) is 11.8 Å². The van der Waals surface area contributed by atoms with E-state index in [0.29, 0.717) is 11.8 Å². The molecule has 0 radical (unpaired) electrons. The van der Waals surface area contributed by atoms with Crippen molar-refractivity contribution in [3.05, 3.63) is 0 Å². The molecule has 1 saturated carbocycles. The SMILES string of the molecule is CC(C)(CO)NC[C@H]1CCC[C@H](CNC(C)(C)CO)C1. The lowest BCUT2D eigenvalue weighted by Crippen LogP contribution is -2.47. The zero-order valence-corrected chi connectivity index (χ0v) is 13.7. The lowest BCUT2D eigenvalue weighted by molar-refractivity contribution is 0.157. The van der Waals surface area contributed by atoms with Gasteiger partial charge in [0.2, 0.25) is 0 Å². The Morgan fingerprint density at radius 1 is 0.850 bits per heavy atom. The fraction of sp³-hybridized carbons (Fsp3) is 1.00. The minimum absolute atomic E-state index is 0.176. The molecule has 0 aromatic carbocycles. The molecule has 4 heteroatoms. The third kappa shape index (κ3) is 6.53. The number of aliphatic hydroxyl groups excluding tert-OH is 2. The molecular weight excluding hydrogens is 252 g/mol. The second-order valence-corrected chi connectivity index (χ2v) is 7.74. The van der Waals surface area contributed by atoms with Crippen molar-refractivity contribution in [3.8, 4) is 0 Å². The van der Waals surface area contributed by atoms with E-state index in [1.54, 1.807) is 0 Å². The van der Waals surface area contributed by atoms with Gasteiger partial charge in [0.15, 0.2) is 0 Å². The molecular formula is C16H34N2O2. The number of aliphatic hydroxyl groups is 2. The lowest BCUT2D eigenvalue weighted by Gasteiger charge is -2.34. The van der Waals surface area contributed by atoms with Crippen LogP contribution < -0.4 is 10.6 Å². The molecule has 0 amide bonds. The molecule has 0 aromatic heterocycles. The summed E-state index contributed by atoms with van der Waals surface area (Å²) < 4.78 is 0. The quantitative estimate of drug-likeness (QED) is 0.546. The molecule has 0 bridgehead atoms. The Kier molecular flexibility index (Phi) is 6.92. The molecule has 0 unspecified atom stereocenters. The smallest absolute Gasteiger partial charge is 0.0607 e. The van der Waals surface area contributed by atoms with E-state index in [1.807, 2.05) is 27.7 Å². The summed E-state index contributed by atoms with van der Waals surface area (Å²) in [5.74, 6) is 1.41. The number of rotatable bonds is 8. The van der Waals surface area contributed by atoms with Crippen LogP contribution >= 0.6 is 0 Å². The molecule has 0 spiro atoms. The average molecular weight is 286 g/mol. The van der Waals surface area contributed by atoms with Gasteiger partial charge in [-0.1, -0.05) is 6.42 Å².